The fourth-order valence-electron chi connectivity index (χ4n) is 1.39. The van der Waals surface area contributed by atoms with Crippen molar-refractivity contribution in [1.82, 2.24) is 0 Å². The summed E-state index contributed by atoms with van der Waals surface area (Å²) in [4.78, 5) is 11.1. The predicted molar refractivity (Wildman–Crippen MR) is 64.8 cm³/mol. The number of hydrogen-bond acceptors (Lipinski definition) is 3. The van der Waals surface area contributed by atoms with E-state index in [0.717, 1.165) is 12.1 Å². The molecule has 0 bridgehead atoms. The number of hydrogen-bond donors (Lipinski definition) is 3. The molecule has 0 saturated heterocycles. The second kappa shape index (κ2) is 5.47. The molecule has 18 heavy (non-hydrogen) atoms. The molecule has 1 rings (SSSR count). The van der Waals surface area contributed by atoms with Crippen molar-refractivity contribution >= 4 is 35.8 Å². The largest absolute Gasteiger partial charge is 0.489 e. The Labute approximate surface area is 107 Å². The van der Waals surface area contributed by atoms with Gasteiger partial charge < -0.3 is 15.4 Å². The molecule has 0 aliphatic carbocycles. The van der Waals surface area contributed by atoms with Crippen molar-refractivity contribution in [2.45, 2.75) is 5.38 Å². The fraction of sp³-hybridized carbons (Fsp3) is 0.100. The lowest BCUT2D eigenvalue weighted by molar-refractivity contribution is -0.111. The Morgan fingerprint density at radius 1 is 1.50 bits per heavy atom. The summed E-state index contributed by atoms with van der Waals surface area (Å²) in [5, 5.41) is 16.3. The summed E-state index contributed by atoms with van der Waals surface area (Å²) < 4.78 is 26.5. The van der Waals surface area contributed by atoms with Gasteiger partial charge in [0.1, 0.15) is 0 Å². The molecule has 3 N–H and O–H groups in total. The van der Waals surface area contributed by atoms with Crippen molar-refractivity contribution in [3.63, 3.8) is 0 Å². The number of carbonyl (C=O) groups excluding carboxylic acids is 1. The van der Waals surface area contributed by atoms with Crippen molar-refractivity contribution in [2.75, 3.05) is 5.32 Å². The van der Waals surface area contributed by atoms with Gasteiger partial charge in [-0.15, -0.1) is 0 Å². The number of benzene rings is 1. The first-order valence-electron chi connectivity index (χ1n) is 4.77. The van der Waals surface area contributed by atoms with Crippen LogP contribution >= 0.6 is 11.6 Å². The molecule has 1 aromatic rings. The van der Waals surface area contributed by atoms with Crippen LogP contribution in [0.15, 0.2) is 30.9 Å². The summed E-state index contributed by atoms with van der Waals surface area (Å²) in [6.45, 7) is 3.17. The third-order valence-electron chi connectivity index (χ3n) is 2.10. The minimum Gasteiger partial charge on any atom is -0.423 e. The number of carbonyl (C=O) groups is 1. The maximum atomic E-state index is 13.3. The lowest BCUT2D eigenvalue weighted by Gasteiger charge is -2.18. The van der Waals surface area contributed by atoms with Crippen LogP contribution in [0.3, 0.4) is 0 Å². The average Bonchev–Trinajstić information content (AvgIpc) is 2.26. The van der Waals surface area contributed by atoms with Gasteiger partial charge in [-0.1, -0.05) is 18.7 Å². The lowest BCUT2D eigenvalue weighted by atomic mass is 9.76. The van der Waals surface area contributed by atoms with Crippen molar-refractivity contribution in [3.05, 3.63) is 36.4 Å². The van der Waals surface area contributed by atoms with Crippen LogP contribution in [0.25, 0.3) is 0 Å². The zero-order valence-corrected chi connectivity index (χ0v) is 9.79. The third kappa shape index (κ3) is 3.28. The number of rotatable bonds is 4. The Hall–Kier alpha value is -1.44. The van der Waals surface area contributed by atoms with Crippen molar-refractivity contribution < 1.29 is 23.6 Å². The van der Waals surface area contributed by atoms with Crippen molar-refractivity contribution in [2.24, 2.45) is 0 Å². The molecule has 0 unspecified atom stereocenters. The lowest BCUT2D eigenvalue weighted by Crippen LogP contribution is -2.36. The van der Waals surface area contributed by atoms with Crippen LogP contribution in [0.4, 0.5) is 14.5 Å². The highest BCUT2D eigenvalue weighted by molar-refractivity contribution is 6.59. The smallest absolute Gasteiger partial charge is 0.423 e. The van der Waals surface area contributed by atoms with Crippen LogP contribution in [-0.2, 0) is 10.2 Å². The van der Waals surface area contributed by atoms with E-state index >= 15 is 0 Å². The molecule has 0 fully saturated rings. The molecule has 0 spiro atoms. The van der Waals surface area contributed by atoms with Gasteiger partial charge in [-0.05, 0) is 29.2 Å². The molecular weight excluding hydrogens is 266 g/mol. The Balaban J connectivity index is 3.38. The van der Waals surface area contributed by atoms with E-state index in [2.05, 4.69) is 11.9 Å². The monoisotopic (exact) mass is 275 g/mol. The molecule has 1 aromatic carbocycles. The summed E-state index contributed by atoms with van der Waals surface area (Å²) in [5.41, 5.74) is -1.67. The second-order valence-electron chi connectivity index (χ2n) is 3.33. The Bertz CT molecular complexity index is 477. The van der Waals surface area contributed by atoms with Crippen molar-refractivity contribution in [1.29, 1.82) is 0 Å². The topological polar surface area (TPSA) is 69.6 Å². The van der Waals surface area contributed by atoms with E-state index in [-0.39, 0.29) is 5.69 Å². The summed E-state index contributed by atoms with van der Waals surface area (Å²) in [6.07, 6.45) is 0.887. The summed E-state index contributed by atoms with van der Waals surface area (Å²) >= 11 is 4.91. The predicted octanol–water partition coefficient (Wildman–Crippen LogP) is 0.779. The molecule has 0 aliphatic heterocycles. The van der Waals surface area contributed by atoms with Gasteiger partial charge in [-0.25, -0.2) is 0 Å². The normalized spacial score (nSPS) is 10.9. The number of amides is 1. The maximum Gasteiger partial charge on any atom is 0.489 e. The summed E-state index contributed by atoms with van der Waals surface area (Å²) in [5.74, 6) is -0.721. The standard InChI is InChI=1S/C10H9BClF2NO3/c1-2-8(16)15-7-5-3-4-6(11(17)18)9(7)10(12,13)14/h2-5,17-18H,1H2,(H,15,16). The van der Waals surface area contributed by atoms with Crippen LogP contribution in [0.2, 0.25) is 0 Å². The minimum absolute atomic E-state index is 0.314. The summed E-state index contributed by atoms with van der Waals surface area (Å²) in [7, 11) is -2.13. The first-order valence-corrected chi connectivity index (χ1v) is 5.15. The zero-order valence-electron chi connectivity index (χ0n) is 9.03. The number of anilines is 1. The molecular formula is C10H9BClF2NO3. The molecule has 0 aliphatic rings. The van der Waals surface area contributed by atoms with Gasteiger partial charge in [-0.3, -0.25) is 4.79 Å². The molecule has 0 heterocycles. The van der Waals surface area contributed by atoms with Gasteiger partial charge in [0.2, 0.25) is 5.91 Å². The van der Waals surface area contributed by atoms with E-state index in [0.29, 0.717) is 0 Å². The first-order chi connectivity index (χ1) is 8.27. The number of nitrogens with one attached hydrogen (secondary N) is 1. The van der Waals surface area contributed by atoms with Crippen molar-refractivity contribution in [3.8, 4) is 0 Å². The third-order valence-corrected chi connectivity index (χ3v) is 2.29. The van der Waals surface area contributed by atoms with Crippen LogP contribution < -0.4 is 10.8 Å². The fourth-order valence-corrected chi connectivity index (χ4v) is 1.60. The van der Waals surface area contributed by atoms with E-state index in [1.165, 1.54) is 12.1 Å². The zero-order chi connectivity index (χ0) is 13.9. The van der Waals surface area contributed by atoms with E-state index in [4.69, 9.17) is 21.6 Å². The molecule has 0 radical (unpaired) electrons. The molecule has 0 saturated carbocycles. The highest BCUT2D eigenvalue weighted by Crippen LogP contribution is 2.36. The van der Waals surface area contributed by atoms with E-state index in [1.54, 1.807) is 0 Å². The molecule has 0 atom stereocenters. The highest BCUT2D eigenvalue weighted by Gasteiger charge is 2.36. The van der Waals surface area contributed by atoms with E-state index in [9.17, 15) is 13.6 Å². The van der Waals surface area contributed by atoms with Gasteiger partial charge in [0.15, 0.2) is 0 Å². The number of alkyl halides is 3. The Kier molecular flexibility index (Phi) is 4.45. The van der Waals surface area contributed by atoms with Gasteiger partial charge in [0, 0.05) is 0 Å². The van der Waals surface area contributed by atoms with Crippen LogP contribution in [0.5, 0.6) is 0 Å². The van der Waals surface area contributed by atoms with Gasteiger partial charge in [0.05, 0.1) is 11.3 Å². The van der Waals surface area contributed by atoms with Crippen LogP contribution in [0, 0.1) is 0 Å². The number of halogens is 3. The van der Waals surface area contributed by atoms with Crippen LogP contribution in [0.1, 0.15) is 5.56 Å². The maximum absolute atomic E-state index is 13.3. The molecule has 4 nitrogen and oxygen atoms in total. The van der Waals surface area contributed by atoms with E-state index < -0.39 is 29.4 Å². The summed E-state index contributed by atoms with van der Waals surface area (Å²) in [6, 6.07) is 3.51. The second-order valence-corrected chi connectivity index (χ2v) is 3.81. The molecule has 96 valence electrons. The molecule has 0 aromatic heterocycles. The Morgan fingerprint density at radius 3 is 2.56 bits per heavy atom. The Morgan fingerprint density at radius 2 is 2.11 bits per heavy atom. The van der Waals surface area contributed by atoms with Gasteiger partial charge >= 0.3 is 12.5 Å². The van der Waals surface area contributed by atoms with E-state index in [1.807, 2.05) is 0 Å². The molecule has 8 heteroatoms. The highest BCUT2D eigenvalue weighted by atomic mass is 35.5. The quantitative estimate of drug-likeness (QED) is 0.432. The average molecular weight is 275 g/mol. The van der Waals surface area contributed by atoms with Crippen LogP contribution in [-0.4, -0.2) is 23.1 Å². The first kappa shape index (κ1) is 14.6. The minimum atomic E-state index is -3.86. The van der Waals surface area contributed by atoms with Gasteiger partial charge in [-0.2, -0.15) is 8.78 Å². The molecule has 1 amide bonds. The van der Waals surface area contributed by atoms with Gasteiger partial charge in [0.25, 0.3) is 0 Å². The SMILES string of the molecule is C=CC(=O)Nc1cccc(B(O)O)c1C(F)(F)Cl.